The lowest BCUT2D eigenvalue weighted by molar-refractivity contribution is -0.137. The molecule has 0 bridgehead atoms. The summed E-state index contributed by atoms with van der Waals surface area (Å²) in [6.07, 6.45) is 5.89. The van der Waals surface area contributed by atoms with Crippen molar-refractivity contribution in [1.29, 1.82) is 0 Å². The zero-order valence-electron chi connectivity index (χ0n) is 22.0. The van der Waals surface area contributed by atoms with Gasteiger partial charge in [0, 0.05) is 60.2 Å². The van der Waals surface area contributed by atoms with E-state index >= 15 is 0 Å². The number of carboxylic acids is 1. The van der Waals surface area contributed by atoms with Crippen LogP contribution >= 0.6 is 0 Å². The number of aryl methyl sites for hydroxylation is 2. The average molecular weight is 511 g/mol. The summed E-state index contributed by atoms with van der Waals surface area (Å²) in [5.41, 5.74) is 7.43. The molecule has 6 rings (SSSR count). The number of hydrogen-bond acceptors (Lipinski definition) is 5. The number of benzene rings is 3. The van der Waals surface area contributed by atoms with Gasteiger partial charge in [0.2, 0.25) is 0 Å². The second kappa shape index (κ2) is 10.5. The number of fused-ring (bicyclic) bond motifs is 4. The van der Waals surface area contributed by atoms with Crippen LogP contribution in [0.15, 0.2) is 53.5 Å². The van der Waals surface area contributed by atoms with Gasteiger partial charge in [-0.2, -0.15) is 0 Å². The molecule has 3 aliphatic heterocycles. The van der Waals surface area contributed by atoms with E-state index < -0.39 is 5.97 Å². The Bertz CT molecular complexity index is 1490. The molecule has 6 nitrogen and oxygen atoms in total. The molecular weight excluding hydrogens is 476 g/mol. The number of carbonyl (C=O) groups is 1. The van der Waals surface area contributed by atoms with Crippen LogP contribution in [-0.2, 0) is 17.6 Å². The third kappa shape index (κ3) is 4.75. The molecule has 0 amide bonds. The van der Waals surface area contributed by atoms with E-state index in [1.165, 1.54) is 28.8 Å². The Balaban J connectivity index is 1.41. The maximum absolute atomic E-state index is 10.7. The summed E-state index contributed by atoms with van der Waals surface area (Å²) in [5, 5.41) is 11.0. The summed E-state index contributed by atoms with van der Waals surface area (Å²) < 4.78 is 12.5. The number of ether oxygens (including phenoxy) is 2. The molecule has 0 aromatic heterocycles. The van der Waals surface area contributed by atoms with E-state index in [4.69, 9.17) is 19.6 Å². The van der Waals surface area contributed by atoms with Crippen molar-refractivity contribution in [3.8, 4) is 17.2 Å². The molecule has 0 radical (unpaired) electrons. The molecule has 3 aliphatic rings. The van der Waals surface area contributed by atoms with Crippen molar-refractivity contribution in [2.45, 2.75) is 51.9 Å². The van der Waals surface area contributed by atoms with Crippen molar-refractivity contribution in [2.75, 3.05) is 31.1 Å². The van der Waals surface area contributed by atoms with E-state index in [0.717, 1.165) is 84.3 Å². The molecule has 0 fully saturated rings. The van der Waals surface area contributed by atoms with Crippen molar-refractivity contribution in [2.24, 2.45) is 4.99 Å². The van der Waals surface area contributed by atoms with Gasteiger partial charge >= 0.3 is 5.97 Å². The van der Waals surface area contributed by atoms with Gasteiger partial charge in [-0.05, 0) is 86.4 Å². The van der Waals surface area contributed by atoms with E-state index in [0.29, 0.717) is 13.0 Å². The Morgan fingerprint density at radius 2 is 1.87 bits per heavy atom. The van der Waals surface area contributed by atoms with Crippen LogP contribution in [0.4, 0.5) is 5.69 Å². The highest BCUT2D eigenvalue weighted by Crippen LogP contribution is 2.42. The zero-order valence-corrected chi connectivity index (χ0v) is 22.0. The lowest BCUT2D eigenvalue weighted by Crippen LogP contribution is -2.30. The highest BCUT2D eigenvalue weighted by atomic mass is 16.5. The summed E-state index contributed by atoms with van der Waals surface area (Å²) >= 11 is 0. The summed E-state index contributed by atoms with van der Waals surface area (Å²) in [5.74, 6) is 1.81. The maximum Gasteiger partial charge on any atom is 0.303 e. The first-order chi connectivity index (χ1) is 18.6. The minimum Gasteiger partial charge on any atom is -0.494 e. The number of carboxylic acid groups (broad SMARTS) is 1. The molecule has 0 unspecified atom stereocenters. The average Bonchev–Trinajstić information content (AvgIpc) is 2.93. The van der Waals surface area contributed by atoms with Crippen LogP contribution < -0.4 is 24.9 Å². The smallest absolute Gasteiger partial charge is 0.303 e. The van der Waals surface area contributed by atoms with Crippen molar-refractivity contribution in [3.63, 3.8) is 0 Å². The quantitative estimate of drug-likeness (QED) is 0.338. The van der Waals surface area contributed by atoms with E-state index in [9.17, 15) is 4.79 Å². The van der Waals surface area contributed by atoms with Gasteiger partial charge in [-0.25, -0.2) is 0 Å². The first-order valence-corrected chi connectivity index (χ1v) is 13.9. The predicted molar refractivity (Wildman–Crippen MR) is 148 cm³/mol. The minimum atomic E-state index is -0.762. The van der Waals surface area contributed by atoms with Crippen molar-refractivity contribution < 1.29 is 19.4 Å². The Hall–Kier alpha value is -3.80. The van der Waals surface area contributed by atoms with E-state index in [-0.39, 0.29) is 6.42 Å². The van der Waals surface area contributed by atoms with Gasteiger partial charge in [0.05, 0.1) is 12.0 Å². The van der Waals surface area contributed by atoms with Crippen LogP contribution in [0.3, 0.4) is 0 Å². The highest BCUT2D eigenvalue weighted by Gasteiger charge is 2.26. The summed E-state index contributed by atoms with van der Waals surface area (Å²) in [6, 6.07) is 17.3. The molecule has 3 aromatic carbocycles. The van der Waals surface area contributed by atoms with Crippen LogP contribution in [0.5, 0.6) is 17.2 Å². The molecule has 38 heavy (non-hydrogen) atoms. The summed E-state index contributed by atoms with van der Waals surface area (Å²) in [4.78, 5) is 17.9. The Labute approximate surface area is 223 Å². The van der Waals surface area contributed by atoms with Crippen LogP contribution in [-0.4, -0.2) is 37.3 Å². The summed E-state index contributed by atoms with van der Waals surface area (Å²) in [6.45, 7) is 5.67. The first-order valence-electron chi connectivity index (χ1n) is 13.9. The Morgan fingerprint density at radius 1 is 1.03 bits per heavy atom. The monoisotopic (exact) mass is 510 g/mol. The summed E-state index contributed by atoms with van der Waals surface area (Å²) in [7, 11) is 0. The minimum absolute atomic E-state index is 0.179. The van der Waals surface area contributed by atoms with E-state index in [1.54, 1.807) is 0 Å². The van der Waals surface area contributed by atoms with Crippen LogP contribution in [0.2, 0.25) is 0 Å². The SMILES string of the molecule is CCN1CCCc2cc3c(cc21)Oc1cc2c(cc1=C3c1ccc(OCCCCC(=O)O)cc1)CCCN=2. The van der Waals surface area contributed by atoms with Gasteiger partial charge in [-0.1, -0.05) is 12.1 Å². The van der Waals surface area contributed by atoms with Gasteiger partial charge in [-0.15, -0.1) is 0 Å². The second-order valence-electron chi connectivity index (χ2n) is 10.3. The number of hydrogen-bond donors (Lipinski definition) is 1. The maximum atomic E-state index is 10.7. The van der Waals surface area contributed by atoms with E-state index in [1.807, 2.05) is 12.1 Å². The molecule has 0 aliphatic carbocycles. The van der Waals surface area contributed by atoms with Gasteiger partial charge in [0.1, 0.15) is 17.2 Å². The van der Waals surface area contributed by atoms with Gasteiger partial charge < -0.3 is 19.5 Å². The van der Waals surface area contributed by atoms with Crippen molar-refractivity contribution in [3.05, 3.63) is 81.4 Å². The highest BCUT2D eigenvalue weighted by molar-refractivity contribution is 5.87. The lowest BCUT2D eigenvalue weighted by Gasteiger charge is -2.32. The van der Waals surface area contributed by atoms with Gasteiger partial charge in [-0.3, -0.25) is 9.79 Å². The lowest BCUT2D eigenvalue weighted by atomic mass is 9.88. The third-order valence-corrected chi connectivity index (χ3v) is 7.80. The zero-order chi connectivity index (χ0) is 26.1. The Kier molecular flexibility index (Phi) is 6.79. The molecule has 1 N–H and O–H groups in total. The van der Waals surface area contributed by atoms with Gasteiger partial charge in [0.25, 0.3) is 0 Å². The number of nitrogens with zero attached hydrogens (tertiary/aromatic N) is 2. The first kappa shape index (κ1) is 24.5. The normalized spacial score (nSPS) is 15.4. The fraction of sp³-hybridized carbons (Fsp3) is 0.375. The molecule has 6 heteroatoms. The molecule has 0 spiro atoms. The molecule has 0 atom stereocenters. The number of rotatable bonds is 8. The number of anilines is 1. The van der Waals surface area contributed by atoms with Crippen molar-refractivity contribution in [1.82, 2.24) is 0 Å². The molecule has 196 valence electrons. The Morgan fingerprint density at radius 3 is 2.68 bits per heavy atom. The number of aliphatic carboxylic acids is 1. The molecule has 3 heterocycles. The van der Waals surface area contributed by atoms with Crippen LogP contribution in [0.1, 0.15) is 61.3 Å². The predicted octanol–water partition coefficient (Wildman–Crippen LogP) is 5.01. The standard InChI is InChI=1S/C32H34N2O4/c1-2-34-15-6-8-23-18-26-30(20-28(23)34)38-29-19-27-22(7-5-14-33-27)17-25(29)32(26)21-10-12-24(13-11-21)37-16-4-3-9-31(35)36/h10-13,17-20H,2-9,14-16H2,1H3,(H,35,36). The molecule has 0 saturated carbocycles. The fourth-order valence-corrected chi connectivity index (χ4v) is 5.87. The fourth-order valence-electron chi connectivity index (χ4n) is 5.87. The van der Waals surface area contributed by atoms with E-state index in [2.05, 4.69) is 48.2 Å². The third-order valence-electron chi connectivity index (χ3n) is 7.80. The topological polar surface area (TPSA) is 71.4 Å². The molecule has 0 saturated heterocycles. The number of unbranched alkanes of at least 4 members (excludes halogenated alkanes) is 1. The second-order valence-corrected chi connectivity index (χ2v) is 10.3. The van der Waals surface area contributed by atoms with Gasteiger partial charge in [0.15, 0.2) is 0 Å². The van der Waals surface area contributed by atoms with Crippen LogP contribution in [0, 0.1) is 0 Å². The van der Waals surface area contributed by atoms with Crippen LogP contribution in [0.25, 0.3) is 5.57 Å². The molecular formula is C32H34N2O4. The molecule has 3 aromatic rings. The van der Waals surface area contributed by atoms with Crippen molar-refractivity contribution >= 4 is 17.2 Å². The largest absolute Gasteiger partial charge is 0.494 e.